The fraction of sp³-hybridized carbons (Fsp3) is 0.417. The lowest BCUT2D eigenvalue weighted by Crippen LogP contribution is -2.36. The summed E-state index contributed by atoms with van der Waals surface area (Å²) in [6.45, 7) is 3.30. The molecule has 2 rings (SSSR count). The maximum atomic E-state index is 11.2. The van der Waals surface area contributed by atoms with Gasteiger partial charge in [-0.3, -0.25) is 4.79 Å². The molecule has 1 fully saturated rings. The SMILES string of the molecule is C[C@]1(c2ccccc2)CNC[C@@H]1C(=O)O. The number of aliphatic carboxylic acids is 1. The number of carboxylic acid groups (broad SMARTS) is 1. The predicted octanol–water partition coefficient (Wildman–Crippen LogP) is 1.25. The van der Waals surface area contributed by atoms with Gasteiger partial charge in [-0.15, -0.1) is 0 Å². The topological polar surface area (TPSA) is 49.3 Å². The first-order valence-corrected chi connectivity index (χ1v) is 5.13. The van der Waals surface area contributed by atoms with E-state index >= 15 is 0 Å². The van der Waals surface area contributed by atoms with Gasteiger partial charge < -0.3 is 10.4 Å². The molecule has 1 saturated heterocycles. The Morgan fingerprint density at radius 2 is 2.13 bits per heavy atom. The van der Waals surface area contributed by atoms with E-state index in [-0.39, 0.29) is 11.3 Å². The molecule has 0 bridgehead atoms. The number of benzene rings is 1. The lowest BCUT2D eigenvalue weighted by atomic mass is 9.74. The summed E-state index contributed by atoms with van der Waals surface area (Å²) in [7, 11) is 0. The first kappa shape index (κ1) is 10.2. The van der Waals surface area contributed by atoms with E-state index < -0.39 is 5.97 Å². The number of hydrogen-bond acceptors (Lipinski definition) is 2. The quantitative estimate of drug-likeness (QED) is 0.764. The van der Waals surface area contributed by atoms with Crippen LogP contribution >= 0.6 is 0 Å². The molecule has 80 valence electrons. The molecule has 1 aromatic rings. The van der Waals surface area contributed by atoms with Crippen molar-refractivity contribution < 1.29 is 9.90 Å². The van der Waals surface area contributed by atoms with E-state index in [4.69, 9.17) is 0 Å². The summed E-state index contributed by atoms with van der Waals surface area (Å²) >= 11 is 0. The Balaban J connectivity index is 2.37. The van der Waals surface area contributed by atoms with Gasteiger partial charge >= 0.3 is 5.97 Å². The number of nitrogens with one attached hydrogen (secondary N) is 1. The monoisotopic (exact) mass is 205 g/mol. The normalized spacial score (nSPS) is 30.3. The lowest BCUT2D eigenvalue weighted by Gasteiger charge is -2.28. The van der Waals surface area contributed by atoms with E-state index in [1.54, 1.807) is 0 Å². The van der Waals surface area contributed by atoms with Crippen molar-refractivity contribution in [3.63, 3.8) is 0 Å². The second-order valence-corrected chi connectivity index (χ2v) is 4.31. The molecule has 15 heavy (non-hydrogen) atoms. The van der Waals surface area contributed by atoms with Gasteiger partial charge in [-0.2, -0.15) is 0 Å². The minimum Gasteiger partial charge on any atom is -0.481 e. The van der Waals surface area contributed by atoms with E-state index in [1.165, 1.54) is 0 Å². The molecule has 2 atom stereocenters. The lowest BCUT2D eigenvalue weighted by molar-refractivity contribution is -0.142. The zero-order chi connectivity index (χ0) is 10.9. The van der Waals surface area contributed by atoms with Crippen molar-refractivity contribution >= 4 is 5.97 Å². The predicted molar refractivity (Wildman–Crippen MR) is 57.8 cm³/mol. The van der Waals surface area contributed by atoms with E-state index in [1.807, 2.05) is 37.3 Å². The molecule has 0 unspecified atom stereocenters. The van der Waals surface area contributed by atoms with Crippen molar-refractivity contribution in [2.45, 2.75) is 12.3 Å². The highest BCUT2D eigenvalue weighted by Gasteiger charge is 2.44. The van der Waals surface area contributed by atoms with Crippen LogP contribution in [0.15, 0.2) is 30.3 Å². The minimum atomic E-state index is -0.716. The number of rotatable bonds is 2. The molecule has 0 spiro atoms. The third-order valence-electron chi connectivity index (χ3n) is 3.34. The van der Waals surface area contributed by atoms with E-state index in [9.17, 15) is 9.90 Å². The van der Waals surface area contributed by atoms with E-state index in [0.29, 0.717) is 6.54 Å². The Kier molecular flexibility index (Phi) is 2.49. The van der Waals surface area contributed by atoms with Crippen LogP contribution in [0.3, 0.4) is 0 Å². The maximum absolute atomic E-state index is 11.2. The molecular weight excluding hydrogens is 190 g/mol. The first-order chi connectivity index (χ1) is 7.14. The standard InChI is InChI=1S/C12H15NO2/c1-12(9-5-3-2-4-6-9)8-13-7-10(12)11(14)15/h2-6,10,13H,7-8H2,1H3,(H,14,15)/t10-,12-/m1/s1. The molecule has 1 aliphatic rings. The molecular formula is C12H15NO2. The highest BCUT2D eigenvalue weighted by Crippen LogP contribution is 2.35. The molecule has 0 aromatic heterocycles. The van der Waals surface area contributed by atoms with Gasteiger partial charge in [0, 0.05) is 18.5 Å². The Hall–Kier alpha value is -1.35. The number of hydrogen-bond donors (Lipinski definition) is 2. The van der Waals surface area contributed by atoms with Gasteiger partial charge in [0.2, 0.25) is 0 Å². The van der Waals surface area contributed by atoms with Crippen LogP contribution in [-0.2, 0) is 10.2 Å². The zero-order valence-electron chi connectivity index (χ0n) is 8.73. The molecule has 3 nitrogen and oxygen atoms in total. The number of carbonyl (C=O) groups is 1. The van der Waals surface area contributed by atoms with Crippen LogP contribution in [0.2, 0.25) is 0 Å². The van der Waals surface area contributed by atoms with Crippen molar-refractivity contribution in [1.82, 2.24) is 5.32 Å². The molecule has 1 aliphatic heterocycles. The van der Waals surface area contributed by atoms with Crippen molar-refractivity contribution in [1.29, 1.82) is 0 Å². The van der Waals surface area contributed by atoms with Crippen LogP contribution < -0.4 is 5.32 Å². The van der Waals surface area contributed by atoms with Gasteiger partial charge in [0.25, 0.3) is 0 Å². The first-order valence-electron chi connectivity index (χ1n) is 5.13. The summed E-state index contributed by atoms with van der Waals surface area (Å²) < 4.78 is 0. The van der Waals surface area contributed by atoms with Crippen LogP contribution in [-0.4, -0.2) is 24.2 Å². The maximum Gasteiger partial charge on any atom is 0.308 e. The minimum absolute atomic E-state index is 0.285. The van der Waals surface area contributed by atoms with Crippen molar-refractivity contribution in [2.75, 3.05) is 13.1 Å². The van der Waals surface area contributed by atoms with Crippen LogP contribution in [0.1, 0.15) is 12.5 Å². The van der Waals surface area contributed by atoms with Gasteiger partial charge in [-0.1, -0.05) is 37.3 Å². The molecule has 0 amide bonds. The van der Waals surface area contributed by atoms with E-state index in [0.717, 1.165) is 12.1 Å². The molecule has 1 heterocycles. The summed E-state index contributed by atoms with van der Waals surface area (Å²) in [4.78, 5) is 11.2. The van der Waals surface area contributed by atoms with Gasteiger partial charge in [-0.25, -0.2) is 0 Å². The van der Waals surface area contributed by atoms with Gasteiger partial charge in [0.1, 0.15) is 0 Å². The fourth-order valence-corrected chi connectivity index (χ4v) is 2.31. The summed E-state index contributed by atoms with van der Waals surface area (Å²) in [6.07, 6.45) is 0. The molecule has 0 aliphatic carbocycles. The zero-order valence-corrected chi connectivity index (χ0v) is 8.73. The largest absolute Gasteiger partial charge is 0.481 e. The molecule has 0 saturated carbocycles. The average molecular weight is 205 g/mol. The Labute approximate surface area is 89.1 Å². The Morgan fingerprint density at radius 3 is 2.73 bits per heavy atom. The number of carboxylic acids is 1. The van der Waals surface area contributed by atoms with Crippen LogP contribution in [0.25, 0.3) is 0 Å². The van der Waals surface area contributed by atoms with Gasteiger partial charge in [0.05, 0.1) is 5.92 Å². The van der Waals surface area contributed by atoms with Crippen molar-refractivity contribution in [3.8, 4) is 0 Å². The third-order valence-corrected chi connectivity index (χ3v) is 3.34. The Morgan fingerprint density at radius 1 is 1.47 bits per heavy atom. The highest BCUT2D eigenvalue weighted by atomic mass is 16.4. The van der Waals surface area contributed by atoms with Crippen LogP contribution in [0, 0.1) is 5.92 Å². The van der Waals surface area contributed by atoms with E-state index in [2.05, 4.69) is 5.32 Å². The van der Waals surface area contributed by atoms with Crippen molar-refractivity contribution in [3.05, 3.63) is 35.9 Å². The van der Waals surface area contributed by atoms with Crippen LogP contribution in [0.5, 0.6) is 0 Å². The van der Waals surface area contributed by atoms with Crippen LogP contribution in [0.4, 0.5) is 0 Å². The van der Waals surface area contributed by atoms with Gasteiger partial charge in [0.15, 0.2) is 0 Å². The highest BCUT2D eigenvalue weighted by molar-refractivity contribution is 5.73. The fourth-order valence-electron chi connectivity index (χ4n) is 2.31. The average Bonchev–Trinajstić information content (AvgIpc) is 2.63. The summed E-state index contributed by atoms with van der Waals surface area (Å²) in [5.74, 6) is -1.05. The molecule has 3 heteroatoms. The van der Waals surface area contributed by atoms with Gasteiger partial charge in [-0.05, 0) is 5.56 Å². The second kappa shape index (κ2) is 3.66. The molecule has 0 radical (unpaired) electrons. The summed E-state index contributed by atoms with van der Waals surface area (Å²) in [5, 5.41) is 12.3. The molecule has 2 N–H and O–H groups in total. The summed E-state index contributed by atoms with van der Waals surface area (Å²) in [6, 6.07) is 9.87. The third kappa shape index (κ3) is 1.63. The Bertz CT molecular complexity index is 363. The van der Waals surface area contributed by atoms with Crippen molar-refractivity contribution in [2.24, 2.45) is 5.92 Å². The summed E-state index contributed by atoms with van der Waals surface area (Å²) in [5.41, 5.74) is 0.815. The molecule has 1 aromatic carbocycles. The smallest absolute Gasteiger partial charge is 0.308 e. The second-order valence-electron chi connectivity index (χ2n) is 4.31.